The van der Waals surface area contributed by atoms with E-state index in [1.807, 2.05) is 19.9 Å². The van der Waals surface area contributed by atoms with Gasteiger partial charge in [0.05, 0.1) is 11.8 Å². The number of piperidine rings is 1. The molecule has 2 aromatic carbocycles. The third-order valence-electron chi connectivity index (χ3n) is 4.72. The van der Waals surface area contributed by atoms with Gasteiger partial charge in [0, 0.05) is 24.8 Å². The molecule has 0 amide bonds. The molecule has 2 N–H and O–H groups in total. The highest BCUT2D eigenvalue weighted by Crippen LogP contribution is 2.26. The molecule has 128 valence electrons. The molecule has 24 heavy (non-hydrogen) atoms. The number of aliphatic hydroxyl groups is 1. The van der Waals surface area contributed by atoms with Crippen molar-refractivity contribution in [2.75, 3.05) is 23.3 Å². The van der Waals surface area contributed by atoms with Gasteiger partial charge in [-0.15, -0.1) is 0 Å². The molecule has 0 bridgehead atoms. The van der Waals surface area contributed by atoms with Gasteiger partial charge in [-0.2, -0.15) is 0 Å². The maximum absolute atomic E-state index is 13.9. The molecular weight excluding hydrogens is 303 g/mol. The molecule has 0 spiro atoms. The Hall–Kier alpha value is -2.07. The third kappa shape index (κ3) is 3.88. The number of nitrogens with one attached hydrogen (secondary N) is 1. The molecule has 0 aliphatic carbocycles. The summed E-state index contributed by atoms with van der Waals surface area (Å²) < 4.78 is 13.9. The first-order chi connectivity index (χ1) is 11.5. The minimum absolute atomic E-state index is 0.0264. The van der Waals surface area contributed by atoms with Gasteiger partial charge in [-0.3, -0.25) is 0 Å². The summed E-state index contributed by atoms with van der Waals surface area (Å²) >= 11 is 0. The van der Waals surface area contributed by atoms with E-state index < -0.39 is 0 Å². The van der Waals surface area contributed by atoms with E-state index in [4.69, 9.17) is 0 Å². The second-order valence-electron chi connectivity index (χ2n) is 6.66. The maximum atomic E-state index is 13.9. The van der Waals surface area contributed by atoms with Crippen LogP contribution in [0.2, 0.25) is 0 Å². The number of rotatable bonds is 4. The normalized spacial score (nSPS) is 16.9. The summed E-state index contributed by atoms with van der Waals surface area (Å²) in [5.74, 6) is -0.226. The van der Waals surface area contributed by atoms with Crippen molar-refractivity contribution in [1.82, 2.24) is 0 Å². The van der Waals surface area contributed by atoms with Crippen molar-refractivity contribution in [3.63, 3.8) is 0 Å². The van der Waals surface area contributed by atoms with Crippen LogP contribution < -0.4 is 10.2 Å². The zero-order chi connectivity index (χ0) is 17.1. The van der Waals surface area contributed by atoms with Crippen molar-refractivity contribution in [1.29, 1.82) is 0 Å². The number of aliphatic hydroxyl groups excluding tert-OH is 1. The summed E-state index contributed by atoms with van der Waals surface area (Å²) in [4.78, 5) is 2.30. The lowest BCUT2D eigenvalue weighted by Crippen LogP contribution is -2.35. The molecule has 1 atom stereocenters. The molecule has 1 heterocycles. The zero-order valence-electron chi connectivity index (χ0n) is 14.3. The number of halogens is 1. The largest absolute Gasteiger partial charge is 0.393 e. The third-order valence-corrected chi connectivity index (χ3v) is 4.72. The number of benzene rings is 2. The smallest absolute Gasteiger partial charge is 0.146 e. The standard InChI is InChI=1S/C20H25FN2O/c1-14-3-8-19(21)20(13-14)22-15(2)16-4-6-17(7-5-16)23-11-9-18(24)10-12-23/h3-8,13,15,18,22,24H,9-12H2,1-2H3. The van der Waals surface area contributed by atoms with Crippen molar-refractivity contribution in [2.45, 2.75) is 38.8 Å². The van der Waals surface area contributed by atoms with Gasteiger partial charge in [0.25, 0.3) is 0 Å². The lowest BCUT2D eigenvalue weighted by molar-refractivity contribution is 0.145. The van der Waals surface area contributed by atoms with Gasteiger partial charge in [-0.25, -0.2) is 4.39 Å². The van der Waals surface area contributed by atoms with Gasteiger partial charge < -0.3 is 15.3 Å². The monoisotopic (exact) mass is 328 g/mol. The van der Waals surface area contributed by atoms with Gasteiger partial charge in [0.1, 0.15) is 5.82 Å². The fraction of sp³-hybridized carbons (Fsp3) is 0.400. The SMILES string of the molecule is Cc1ccc(F)c(NC(C)c2ccc(N3CCC(O)CC3)cc2)c1. The molecule has 1 fully saturated rings. The molecule has 0 saturated carbocycles. The van der Waals surface area contributed by atoms with Crippen molar-refractivity contribution in [3.05, 3.63) is 59.4 Å². The van der Waals surface area contributed by atoms with Crippen LogP contribution in [0, 0.1) is 12.7 Å². The maximum Gasteiger partial charge on any atom is 0.146 e. The fourth-order valence-corrected chi connectivity index (χ4v) is 3.16. The van der Waals surface area contributed by atoms with Crippen LogP contribution in [0.5, 0.6) is 0 Å². The fourth-order valence-electron chi connectivity index (χ4n) is 3.16. The minimum Gasteiger partial charge on any atom is -0.393 e. The van der Waals surface area contributed by atoms with Gasteiger partial charge in [-0.1, -0.05) is 18.2 Å². The predicted molar refractivity (Wildman–Crippen MR) is 97.1 cm³/mol. The summed E-state index contributed by atoms with van der Waals surface area (Å²) in [5.41, 5.74) is 3.88. The molecule has 4 heteroatoms. The topological polar surface area (TPSA) is 35.5 Å². The quantitative estimate of drug-likeness (QED) is 0.880. The van der Waals surface area contributed by atoms with Crippen molar-refractivity contribution >= 4 is 11.4 Å². The first-order valence-electron chi connectivity index (χ1n) is 8.58. The van der Waals surface area contributed by atoms with Crippen LogP contribution in [0.3, 0.4) is 0 Å². The first-order valence-corrected chi connectivity index (χ1v) is 8.58. The molecule has 3 rings (SSSR count). The van der Waals surface area contributed by atoms with Crippen molar-refractivity contribution in [3.8, 4) is 0 Å². The van der Waals surface area contributed by atoms with E-state index in [1.54, 1.807) is 6.07 Å². The Morgan fingerprint density at radius 1 is 1.12 bits per heavy atom. The summed E-state index contributed by atoms with van der Waals surface area (Å²) in [6, 6.07) is 13.5. The average molecular weight is 328 g/mol. The first kappa shape index (κ1) is 16.8. The molecular formula is C20H25FN2O. The van der Waals surface area contributed by atoms with Crippen LogP contribution in [-0.4, -0.2) is 24.3 Å². The van der Waals surface area contributed by atoms with E-state index >= 15 is 0 Å². The molecule has 1 aliphatic rings. The molecule has 0 aromatic heterocycles. The number of aryl methyl sites for hydroxylation is 1. The number of hydrogen-bond acceptors (Lipinski definition) is 3. The summed E-state index contributed by atoms with van der Waals surface area (Å²) in [6.07, 6.45) is 1.49. The van der Waals surface area contributed by atoms with E-state index in [0.717, 1.165) is 37.1 Å². The van der Waals surface area contributed by atoms with Crippen LogP contribution in [0.15, 0.2) is 42.5 Å². The average Bonchev–Trinajstić information content (AvgIpc) is 2.59. The van der Waals surface area contributed by atoms with Crippen LogP contribution in [0.1, 0.15) is 36.9 Å². The molecule has 3 nitrogen and oxygen atoms in total. The van der Waals surface area contributed by atoms with Crippen LogP contribution in [0.4, 0.5) is 15.8 Å². The highest BCUT2D eigenvalue weighted by molar-refractivity contribution is 5.51. The lowest BCUT2D eigenvalue weighted by atomic mass is 10.0. The highest BCUT2D eigenvalue weighted by atomic mass is 19.1. The summed E-state index contributed by atoms with van der Waals surface area (Å²) in [6.45, 7) is 5.78. The number of nitrogens with zero attached hydrogens (tertiary/aromatic N) is 1. The minimum atomic E-state index is -0.226. The van der Waals surface area contributed by atoms with E-state index in [1.165, 1.54) is 11.8 Å². The van der Waals surface area contributed by atoms with Crippen molar-refractivity contribution in [2.24, 2.45) is 0 Å². The van der Waals surface area contributed by atoms with E-state index in [0.29, 0.717) is 5.69 Å². The summed E-state index contributed by atoms with van der Waals surface area (Å²) in [7, 11) is 0. The summed E-state index contributed by atoms with van der Waals surface area (Å²) in [5, 5.41) is 12.9. The Labute approximate surface area is 143 Å². The molecule has 1 aliphatic heterocycles. The molecule has 1 saturated heterocycles. The Balaban J connectivity index is 1.67. The Bertz CT molecular complexity index is 679. The van der Waals surface area contributed by atoms with E-state index in [-0.39, 0.29) is 18.0 Å². The molecule has 2 aromatic rings. The van der Waals surface area contributed by atoms with Crippen molar-refractivity contribution < 1.29 is 9.50 Å². The Morgan fingerprint density at radius 2 is 1.79 bits per heavy atom. The predicted octanol–water partition coefficient (Wildman–Crippen LogP) is 4.27. The Morgan fingerprint density at radius 3 is 2.46 bits per heavy atom. The van der Waals surface area contributed by atoms with Crippen LogP contribution >= 0.6 is 0 Å². The molecule has 0 radical (unpaired) electrons. The van der Waals surface area contributed by atoms with E-state index in [2.05, 4.69) is 34.5 Å². The lowest BCUT2D eigenvalue weighted by Gasteiger charge is -2.31. The van der Waals surface area contributed by atoms with Gasteiger partial charge in [0.2, 0.25) is 0 Å². The zero-order valence-corrected chi connectivity index (χ0v) is 14.3. The van der Waals surface area contributed by atoms with Gasteiger partial charge >= 0.3 is 0 Å². The van der Waals surface area contributed by atoms with Crippen LogP contribution in [-0.2, 0) is 0 Å². The second kappa shape index (κ2) is 7.22. The van der Waals surface area contributed by atoms with E-state index in [9.17, 15) is 9.50 Å². The molecule has 1 unspecified atom stereocenters. The highest BCUT2D eigenvalue weighted by Gasteiger charge is 2.17. The number of hydrogen-bond donors (Lipinski definition) is 2. The van der Waals surface area contributed by atoms with Crippen LogP contribution in [0.25, 0.3) is 0 Å². The Kier molecular flexibility index (Phi) is 5.05. The van der Waals surface area contributed by atoms with Gasteiger partial charge in [0.15, 0.2) is 0 Å². The number of anilines is 2. The van der Waals surface area contributed by atoms with Gasteiger partial charge in [-0.05, 0) is 62.1 Å². The second-order valence-corrected chi connectivity index (χ2v) is 6.66.